The Bertz CT molecular complexity index is 290. The van der Waals surface area contributed by atoms with Gasteiger partial charge in [0.2, 0.25) is 0 Å². The summed E-state index contributed by atoms with van der Waals surface area (Å²) in [5.41, 5.74) is 0. The molecule has 0 N–H and O–H groups in total. The summed E-state index contributed by atoms with van der Waals surface area (Å²) in [7, 11) is -6.73. The van der Waals surface area contributed by atoms with E-state index in [0.717, 1.165) is 0 Å². The van der Waals surface area contributed by atoms with Crippen LogP contribution in [0.5, 0.6) is 0 Å². The van der Waals surface area contributed by atoms with Crippen LogP contribution in [0.2, 0.25) is 0 Å². The van der Waals surface area contributed by atoms with E-state index in [2.05, 4.69) is 4.18 Å². The van der Waals surface area contributed by atoms with Gasteiger partial charge in [0.1, 0.15) is 0 Å². The van der Waals surface area contributed by atoms with Crippen molar-refractivity contribution in [3.63, 3.8) is 0 Å². The van der Waals surface area contributed by atoms with Gasteiger partial charge in [-0.15, -0.1) is 0 Å². The number of hydrogen-bond acceptors (Lipinski definition) is 3. The van der Waals surface area contributed by atoms with E-state index in [-0.39, 0.29) is 0 Å². The molecule has 11 heteroatoms. The highest BCUT2D eigenvalue weighted by Crippen LogP contribution is 2.40. The maximum absolute atomic E-state index is 11.9. The minimum absolute atomic E-state index is 2.20. The minimum Gasteiger partial charge on any atom is -0.198 e. The Morgan fingerprint density at radius 1 is 1.00 bits per heavy atom. The molecule has 0 aromatic heterocycles. The van der Waals surface area contributed by atoms with Crippen LogP contribution in [0.3, 0.4) is 0 Å². The zero-order valence-electron chi connectivity index (χ0n) is 5.86. The molecule has 0 spiro atoms. The molecule has 0 unspecified atom stereocenters. The molecule has 3 nitrogen and oxygen atoms in total. The molecule has 0 aliphatic heterocycles. The van der Waals surface area contributed by atoms with Gasteiger partial charge in [0.05, 0.1) is 0 Å². The van der Waals surface area contributed by atoms with E-state index in [1.807, 2.05) is 0 Å². The van der Waals surface area contributed by atoms with Gasteiger partial charge in [-0.25, -0.2) is 0 Å². The van der Waals surface area contributed by atoms with E-state index in [9.17, 15) is 39.2 Å². The second kappa shape index (κ2) is 3.53. The lowest BCUT2D eigenvalue weighted by molar-refractivity contribution is -0.246. The quantitative estimate of drug-likeness (QED) is 0.565. The monoisotopic (exact) mass is 250 g/mol. The molecular formula is C3HF7O3S. The average molecular weight is 250 g/mol. The lowest BCUT2D eigenvalue weighted by atomic mass is 10.7. The summed E-state index contributed by atoms with van der Waals surface area (Å²) in [6, 6.07) is 0. The maximum atomic E-state index is 11.9. The van der Waals surface area contributed by atoms with Crippen LogP contribution in [0.4, 0.5) is 30.7 Å². The molecule has 0 bridgehead atoms. The molecule has 14 heavy (non-hydrogen) atoms. The third-order valence-electron chi connectivity index (χ3n) is 0.843. The Hall–Kier alpha value is -0.580. The van der Waals surface area contributed by atoms with Gasteiger partial charge in [-0.05, 0) is 0 Å². The van der Waals surface area contributed by atoms with Crippen LogP contribution in [0.15, 0.2) is 0 Å². The molecule has 86 valence electrons. The van der Waals surface area contributed by atoms with Gasteiger partial charge < -0.3 is 0 Å². The summed E-state index contributed by atoms with van der Waals surface area (Å²) < 4.78 is 102. The summed E-state index contributed by atoms with van der Waals surface area (Å²) in [6.07, 6.45) is -6.51. The van der Waals surface area contributed by atoms with E-state index < -0.39 is 28.2 Å². The number of halogens is 7. The van der Waals surface area contributed by atoms with E-state index >= 15 is 0 Å². The van der Waals surface area contributed by atoms with Crippen molar-refractivity contribution in [2.45, 2.75) is 18.0 Å². The van der Waals surface area contributed by atoms with Crippen LogP contribution >= 0.6 is 0 Å². The first-order valence-electron chi connectivity index (χ1n) is 2.57. The fourth-order valence-corrected chi connectivity index (χ4v) is 0.894. The standard InChI is InChI=1S/C3HF7O3S/c4-1(5)13-14(11,12)3(9,10)2(6,7)8/h1H. The van der Waals surface area contributed by atoms with E-state index in [0.29, 0.717) is 0 Å². The van der Waals surface area contributed by atoms with Crippen molar-refractivity contribution in [2.24, 2.45) is 0 Å². The van der Waals surface area contributed by atoms with Crippen molar-refractivity contribution in [2.75, 3.05) is 0 Å². The van der Waals surface area contributed by atoms with Crippen molar-refractivity contribution < 1.29 is 43.3 Å². The van der Waals surface area contributed by atoms with Gasteiger partial charge in [0.15, 0.2) is 0 Å². The van der Waals surface area contributed by atoms with Crippen LogP contribution in [-0.4, -0.2) is 26.5 Å². The largest absolute Gasteiger partial charge is 0.472 e. The topological polar surface area (TPSA) is 43.4 Å². The Balaban J connectivity index is 5.10. The molecular weight excluding hydrogens is 249 g/mol. The van der Waals surface area contributed by atoms with Gasteiger partial charge in [-0.2, -0.15) is 43.3 Å². The summed E-state index contributed by atoms with van der Waals surface area (Å²) >= 11 is 0. The number of hydrogen-bond donors (Lipinski definition) is 0. The summed E-state index contributed by atoms with van der Waals surface area (Å²) in [5, 5.41) is -6.36. The van der Waals surface area contributed by atoms with Crippen LogP contribution in [0.25, 0.3) is 0 Å². The molecule has 0 saturated carbocycles. The molecule has 0 heterocycles. The average Bonchev–Trinajstić information content (AvgIpc) is 1.80. The lowest BCUT2D eigenvalue weighted by Crippen LogP contribution is -2.45. The smallest absolute Gasteiger partial charge is 0.198 e. The zero-order valence-corrected chi connectivity index (χ0v) is 6.67. The van der Waals surface area contributed by atoms with Gasteiger partial charge >= 0.3 is 28.2 Å². The van der Waals surface area contributed by atoms with Gasteiger partial charge in [0, 0.05) is 0 Å². The van der Waals surface area contributed by atoms with Gasteiger partial charge in [-0.1, -0.05) is 0 Å². The molecule has 0 fully saturated rings. The van der Waals surface area contributed by atoms with E-state index in [1.165, 1.54) is 0 Å². The lowest BCUT2D eigenvalue weighted by Gasteiger charge is -2.18. The van der Waals surface area contributed by atoms with E-state index in [4.69, 9.17) is 0 Å². The highest BCUT2D eigenvalue weighted by Gasteiger charge is 2.69. The second-order valence-corrected chi connectivity index (χ2v) is 3.44. The molecule has 0 aliphatic rings. The molecule has 0 radical (unpaired) electrons. The van der Waals surface area contributed by atoms with Crippen LogP contribution < -0.4 is 0 Å². The van der Waals surface area contributed by atoms with Crippen LogP contribution in [-0.2, 0) is 14.3 Å². The van der Waals surface area contributed by atoms with Crippen molar-refractivity contribution >= 4 is 10.1 Å². The summed E-state index contributed by atoms with van der Waals surface area (Å²) in [6.45, 7) is -4.28. The first-order valence-corrected chi connectivity index (χ1v) is 3.98. The first-order chi connectivity index (χ1) is 5.92. The Morgan fingerprint density at radius 2 is 1.36 bits per heavy atom. The Morgan fingerprint density at radius 3 is 1.57 bits per heavy atom. The Kier molecular flexibility index (Phi) is 3.38. The van der Waals surface area contributed by atoms with Crippen LogP contribution in [0.1, 0.15) is 0 Å². The third-order valence-corrected chi connectivity index (χ3v) is 2.10. The van der Waals surface area contributed by atoms with Crippen LogP contribution in [0, 0.1) is 0 Å². The van der Waals surface area contributed by atoms with Crippen molar-refractivity contribution in [1.29, 1.82) is 0 Å². The molecule has 0 aromatic carbocycles. The first kappa shape index (κ1) is 13.4. The summed E-state index contributed by atoms with van der Waals surface area (Å²) in [4.78, 5) is 0. The molecule has 0 saturated heterocycles. The predicted octanol–water partition coefficient (Wildman–Crippen LogP) is 1.71. The minimum atomic E-state index is -6.73. The molecule has 0 rings (SSSR count). The fraction of sp³-hybridized carbons (Fsp3) is 1.00. The predicted molar refractivity (Wildman–Crippen MR) is 27.0 cm³/mol. The highest BCUT2D eigenvalue weighted by atomic mass is 32.2. The molecule has 0 aromatic rings. The number of alkyl halides is 7. The highest BCUT2D eigenvalue weighted by molar-refractivity contribution is 7.87. The van der Waals surface area contributed by atoms with Crippen molar-refractivity contribution in [3.8, 4) is 0 Å². The SMILES string of the molecule is O=S(=O)(OC(F)F)C(F)(F)C(F)(F)F. The molecule has 0 aliphatic carbocycles. The van der Waals surface area contributed by atoms with Crippen molar-refractivity contribution in [3.05, 3.63) is 0 Å². The van der Waals surface area contributed by atoms with Gasteiger partial charge in [0.25, 0.3) is 0 Å². The van der Waals surface area contributed by atoms with Crippen molar-refractivity contribution in [1.82, 2.24) is 0 Å². The third kappa shape index (κ3) is 2.47. The fourth-order valence-electron chi connectivity index (χ4n) is 0.298. The Labute approximate surface area is 72.6 Å². The molecule has 0 amide bonds. The second-order valence-electron chi connectivity index (χ2n) is 1.83. The zero-order chi connectivity index (χ0) is 11.8. The molecule has 0 atom stereocenters. The summed E-state index contributed by atoms with van der Waals surface area (Å²) in [5.74, 6) is 0. The normalized spacial score (nSPS) is 14.9. The maximum Gasteiger partial charge on any atom is 0.472 e. The van der Waals surface area contributed by atoms with Gasteiger partial charge in [-0.3, -0.25) is 0 Å². The number of rotatable bonds is 3. The van der Waals surface area contributed by atoms with E-state index in [1.54, 1.807) is 0 Å².